The lowest BCUT2D eigenvalue weighted by atomic mass is 10.2. The normalized spacial score (nSPS) is 10.5. The molecule has 104 valence electrons. The Morgan fingerprint density at radius 2 is 1.90 bits per heavy atom. The topological polar surface area (TPSA) is 50.8 Å². The summed E-state index contributed by atoms with van der Waals surface area (Å²) in [5.41, 5.74) is 3.02. The van der Waals surface area contributed by atoms with Gasteiger partial charge < -0.3 is 9.30 Å². The summed E-state index contributed by atoms with van der Waals surface area (Å²) in [6, 6.07) is 18.0. The van der Waals surface area contributed by atoms with E-state index in [-0.39, 0.29) is 0 Å². The van der Waals surface area contributed by atoms with Crippen LogP contribution in [0.2, 0.25) is 0 Å². The highest BCUT2D eigenvalue weighted by Gasteiger charge is 2.12. The molecule has 21 heavy (non-hydrogen) atoms. The summed E-state index contributed by atoms with van der Waals surface area (Å²) < 4.78 is 7.29. The van der Waals surface area contributed by atoms with Gasteiger partial charge in [-0.2, -0.15) is 5.26 Å². The summed E-state index contributed by atoms with van der Waals surface area (Å²) >= 11 is 0. The predicted octanol–water partition coefficient (Wildman–Crippen LogP) is 3.63. The highest BCUT2D eigenvalue weighted by Crippen LogP contribution is 2.26. The van der Waals surface area contributed by atoms with Crippen molar-refractivity contribution in [2.24, 2.45) is 0 Å². The van der Waals surface area contributed by atoms with Crippen molar-refractivity contribution in [1.82, 2.24) is 9.55 Å². The smallest absolute Gasteiger partial charge is 0.141 e. The summed E-state index contributed by atoms with van der Waals surface area (Å²) in [5, 5.41) is 8.87. The minimum absolute atomic E-state index is 0.462. The van der Waals surface area contributed by atoms with Crippen molar-refractivity contribution in [2.75, 3.05) is 7.11 Å². The number of benzene rings is 2. The number of hydrogen-bond donors (Lipinski definition) is 0. The second kappa shape index (κ2) is 5.68. The van der Waals surface area contributed by atoms with Gasteiger partial charge in [0.05, 0.1) is 30.6 Å². The third kappa shape index (κ3) is 2.46. The SMILES string of the molecule is COc1ccc(-c2nc3ccccc3n2CCC#N)cc1. The van der Waals surface area contributed by atoms with Gasteiger partial charge in [0.2, 0.25) is 0 Å². The van der Waals surface area contributed by atoms with E-state index in [2.05, 4.69) is 10.6 Å². The maximum atomic E-state index is 8.87. The molecule has 0 bridgehead atoms. The Hall–Kier alpha value is -2.80. The van der Waals surface area contributed by atoms with Gasteiger partial charge in [0.25, 0.3) is 0 Å². The molecule has 2 aromatic carbocycles. The molecule has 0 fully saturated rings. The summed E-state index contributed by atoms with van der Waals surface area (Å²) in [6.07, 6.45) is 0.462. The first-order chi connectivity index (χ1) is 10.3. The van der Waals surface area contributed by atoms with Crippen LogP contribution in [0.3, 0.4) is 0 Å². The number of nitriles is 1. The van der Waals surface area contributed by atoms with Crippen LogP contribution in [0.1, 0.15) is 6.42 Å². The van der Waals surface area contributed by atoms with Crippen LogP contribution >= 0.6 is 0 Å². The maximum Gasteiger partial charge on any atom is 0.141 e. The Morgan fingerprint density at radius 3 is 2.62 bits per heavy atom. The van der Waals surface area contributed by atoms with Gasteiger partial charge in [0.15, 0.2) is 0 Å². The molecule has 0 radical (unpaired) electrons. The molecule has 3 rings (SSSR count). The highest BCUT2D eigenvalue weighted by atomic mass is 16.5. The first-order valence-electron chi connectivity index (χ1n) is 6.80. The Bertz CT molecular complexity index is 797. The first-order valence-corrected chi connectivity index (χ1v) is 6.80. The van der Waals surface area contributed by atoms with Gasteiger partial charge in [-0.3, -0.25) is 0 Å². The highest BCUT2D eigenvalue weighted by molar-refractivity contribution is 5.80. The monoisotopic (exact) mass is 277 g/mol. The summed E-state index contributed by atoms with van der Waals surface area (Å²) in [5.74, 6) is 1.70. The quantitative estimate of drug-likeness (QED) is 0.731. The Kier molecular flexibility index (Phi) is 3.57. The number of hydrogen-bond acceptors (Lipinski definition) is 3. The number of nitrogens with zero attached hydrogens (tertiary/aromatic N) is 3. The molecule has 4 nitrogen and oxygen atoms in total. The standard InChI is InChI=1S/C17H15N3O/c1-21-14-9-7-13(8-10-14)17-19-15-5-2-3-6-16(15)20(17)12-4-11-18/h2-3,5-10H,4,12H2,1H3. The van der Waals surface area contributed by atoms with Crippen molar-refractivity contribution >= 4 is 11.0 Å². The molecule has 3 aromatic rings. The zero-order chi connectivity index (χ0) is 14.7. The van der Waals surface area contributed by atoms with Crippen molar-refractivity contribution in [3.8, 4) is 23.2 Å². The molecule has 0 saturated heterocycles. The molecular weight excluding hydrogens is 262 g/mol. The van der Waals surface area contributed by atoms with Gasteiger partial charge in [-0.05, 0) is 36.4 Å². The number of rotatable bonds is 4. The molecule has 0 aliphatic rings. The third-order valence-corrected chi connectivity index (χ3v) is 3.45. The number of aryl methyl sites for hydroxylation is 1. The fourth-order valence-electron chi connectivity index (χ4n) is 2.42. The molecule has 4 heteroatoms. The van der Waals surface area contributed by atoms with E-state index in [9.17, 15) is 0 Å². The molecule has 1 aromatic heterocycles. The minimum atomic E-state index is 0.462. The minimum Gasteiger partial charge on any atom is -0.497 e. The van der Waals surface area contributed by atoms with Crippen molar-refractivity contribution < 1.29 is 4.74 Å². The zero-order valence-electron chi connectivity index (χ0n) is 11.8. The number of imidazole rings is 1. The van der Waals surface area contributed by atoms with Crippen LogP contribution < -0.4 is 4.74 Å². The molecule has 0 aliphatic carbocycles. The van der Waals surface area contributed by atoms with E-state index in [0.717, 1.165) is 28.2 Å². The Balaban J connectivity index is 2.13. The first kappa shape index (κ1) is 13.2. The van der Waals surface area contributed by atoms with E-state index in [1.165, 1.54) is 0 Å². The van der Waals surface area contributed by atoms with E-state index < -0.39 is 0 Å². The Morgan fingerprint density at radius 1 is 1.14 bits per heavy atom. The zero-order valence-corrected chi connectivity index (χ0v) is 11.8. The van der Waals surface area contributed by atoms with Crippen LogP contribution in [0.4, 0.5) is 0 Å². The molecule has 0 saturated carbocycles. The molecule has 0 aliphatic heterocycles. The van der Waals surface area contributed by atoms with Crippen LogP contribution in [0.15, 0.2) is 48.5 Å². The molecule has 0 amide bonds. The number of methoxy groups -OCH3 is 1. The second-order valence-electron chi connectivity index (χ2n) is 4.71. The summed E-state index contributed by atoms with van der Waals surface area (Å²) in [6.45, 7) is 0.637. The predicted molar refractivity (Wildman–Crippen MR) is 82.0 cm³/mol. The molecule has 0 N–H and O–H groups in total. The van der Waals surface area contributed by atoms with E-state index >= 15 is 0 Å². The van der Waals surface area contributed by atoms with Crippen molar-refractivity contribution in [1.29, 1.82) is 5.26 Å². The average Bonchev–Trinajstić information content (AvgIpc) is 2.91. The van der Waals surface area contributed by atoms with Crippen LogP contribution in [0.5, 0.6) is 5.75 Å². The van der Waals surface area contributed by atoms with Gasteiger partial charge in [-0.1, -0.05) is 12.1 Å². The number of ether oxygens (including phenoxy) is 1. The van der Waals surface area contributed by atoms with Crippen LogP contribution in [-0.2, 0) is 6.54 Å². The lowest BCUT2D eigenvalue weighted by molar-refractivity contribution is 0.415. The Labute approximate surface area is 123 Å². The van der Waals surface area contributed by atoms with Crippen LogP contribution in [-0.4, -0.2) is 16.7 Å². The van der Waals surface area contributed by atoms with Gasteiger partial charge in [-0.15, -0.1) is 0 Å². The van der Waals surface area contributed by atoms with Gasteiger partial charge in [-0.25, -0.2) is 4.98 Å². The second-order valence-corrected chi connectivity index (χ2v) is 4.71. The largest absolute Gasteiger partial charge is 0.497 e. The van der Waals surface area contributed by atoms with Crippen molar-refractivity contribution in [3.63, 3.8) is 0 Å². The van der Waals surface area contributed by atoms with E-state index in [0.29, 0.717) is 13.0 Å². The number of fused-ring (bicyclic) bond motifs is 1. The van der Waals surface area contributed by atoms with Gasteiger partial charge >= 0.3 is 0 Å². The van der Waals surface area contributed by atoms with Crippen molar-refractivity contribution in [3.05, 3.63) is 48.5 Å². The number of para-hydroxylation sites is 2. The third-order valence-electron chi connectivity index (χ3n) is 3.45. The molecule has 0 unspecified atom stereocenters. The maximum absolute atomic E-state index is 8.87. The van der Waals surface area contributed by atoms with E-state index in [4.69, 9.17) is 15.0 Å². The molecule has 1 heterocycles. The summed E-state index contributed by atoms with van der Waals surface area (Å²) in [4.78, 5) is 4.70. The fraction of sp³-hybridized carbons (Fsp3) is 0.176. The lowest BCUT2D eigenvalue weighted by Gasteiger charge is -2.07. The number of aromatic nitrogens is 2. The average molecular weight is 277 g/mol. The van der Waals surface area contributed by atoms with Crippen LogP contribution in [0, 0.1) is 11.3 Å². The van der Waals surface area contributed by atoms with Crippen molar-refractivity contribution in [2.45, 2.75) is 13.0 Å². The fourth-order valence-corrected chi connectivity index (χ4v) is 2.42. The summed E-state index contributed by atoms with van der Waals surface area (Å²) in [7, 11) is 1.65. The molecular formula is C17H15N3O. The van der Waals surface area contributed by atoms with Gasteiger partial charge in [0, 0.05) is 12.1 Å². The van der Waals surface area contributed by atoms with E-state index in [1.54, 1.807) is 7.11 Å². The van der Waals surface area contributed by atoms with Crippen LogP contribution in [0.25, 0.3) is 22.4 Å². The molecule has 0 spiro atoms. The lowest BCUT2D eigenvalue weighted by Crippen LogP contribution is -2.00. The van der Waals surface area contributed by atoms with Gasteiger partial charge in [0.1, 0.15) is 11.6 Å². The molecule has 0 atom stereocenters. The van der Waals surface area contributed by atoms with E-state index in [1.807, 2.05) is 48.5 Å².